The van der Waals surface area contributed by atoms with Gasteiger partial charge in [0, 0.05) is 19.3 Å². The molecule has 0 bridgehead atoms. The molecule has 0 aromatic carbocycles. The molecule has 4 heteroatoms. The predicted molar refractivity (Wildman–Crippen MR) is 71.4 cm³/mol. The molecule has 0 spiro atoms. The second-order valence-corrected chi connectivity index (χ2v) is 6.58. The fourth-order valence-electron chi connectivity index (χ4n) is 1.01. The van der Waals surface area contributed by atoms with Crippen molar-refractivity contribution in [1.29, 1.82) is 0 Å². The summed E-state index contributed by atoms with van der Waals surface area (Å²) in [6.07, 6.45) is 0.938. The molecule has 1 heterocycles. The molecule has 0 radical (unpaired) electrons. The highest BCUT2D eigenvalue weighted by molar-refractivity contribution is 5.56. The van der Waals surface area contributed by atoms with Crippen LogP contribution in [0, 0.1) is 24.5 Å². The van der Waals surface area contributed by atoms with Crippen molar-refractivity contribution in [2.45, 2.75) is 60.8 Å². The van der Waals surface area contributed by atoms with E-state index < -0.39 is 0 Å². The molecule has 0 N–H and O–H groups in total. The fourth-order valence-corrected chi connectivity index (χ4v) is 1.01. The van der Waals surface area contributed by atoms with Crippen molar-refractivity contribution in [3.05, 3.63) is 22.6 Å². The minimum Gasteiger partial charge on any atom is -0.616 e. The highest BCUT2D eigenvalue weighted by atomic mass is 16.5. The van der Waals surface area contributed by atoms with Gasteiger partial charge in [0.1, 0.15) is 6.29 Å². The third-order valence-corrected chi connectivity index (χ3v) is 2.24. The van der Waals surface area contributed by atoms with Crippen LogP contribution in [0.3, 0.4) is 0 Å². The van der Waals surface area contributed by atoms with Crippen LogP contribution >= 0.6 is 0 Å². The van der Waals surface area contributed by atoms with E-state index >= 15 is 0 Å². The first-order chi connectivity index (χ1) is 7.90. The highest BCUT2D eigenvalue weighted by Crippen LogP contribution is 2.21. The molecule has 0 amide bonds. The average Bonchev–Trinajstić information content (AvgIpc) is 2.45. The Hall–Kier alpha value is -1.32. The summed E-state index contributed by atoms with van der Waals surface area (Å²) in [7, 11) is 0. The molecule has 4 nitrogen and oxygen atoms in total. The molecule has 104 valence electrons. The minimum absolute atomic E-state index is 0.139. The molecule has 0 fully saturated rings. The van der Waals surface area contributed by atoms with Crippen molar-refractivity contribution < 1.29 is 13.9 Å². The lowest BCUT2D eigenvalue weighted by atomic mass is 9.97. The largest absolute Gasteiger partial charge is 0.616 e. The van der Waals surface area contributed by atoms with Gasteiger partial charge in [-0.25, -0.2) is 0 Å². The van der Waals surface area contributed by atoms with E-state index in [1.54, 1.807) is 13.8 Å². The molecular formula is C14H25NO3. The van der Waals surface area contributed by atoms with Gasteiger partial charge in [0.15, 0.2) is 5.76 Å². The molecule has 1 aromatic heterocycles. The van der Waals surface area contributed by atoms with Gasteiger partial charge >= 0.3 is 5.89 Å². The minimum atomic E-state index is -0.221. The second-order valence-electron chi connectivity index (χ2n) is 6.58. The molecule has 0 aliphatic rings. The van der Waals surface area contributed by atoms with Crippen LogP contribution in [0.1, 0.15) is 58.9 Å². The second kappa shape index (κ2) is 5.55. The van der Waals surface area contributed by atoms with Gasteiger partial charge in [-0.1, -0.05) is 20.8 Å². The van der Waals surface area contributed by atoms with Crippen LogP contribution in [0.4, 0.5) is 0 Å². The molecule has 0 saturated heterocycles. The Morgan fingerprint density at radius 3 is 1.61 bits per heavy atom. The van der Waals surface area contributed by atoms with Crippen molar-refractivity contribution in [3.8, 4) is 0 Å². The van der Waals surface area contributed by atoms with Gasteiger partial charge in [0.25, 0.3) is 0 Å². The number of aromatic nitrogens is 1. The predicted octanol–water partition coefficient (Wildman–Crippen LogP) is 3.06. The monoisotopic (exact) mass is 255 g/mol. The molecule has 0 aliphatic carbocycles. The van der Waals surface area contributed by atoms with E-state index in [-0.39, 0.29) is 10.8 Å². The Kier molecular flexibility index (Phi) is 5.14. The van der Waals surface area contributed by atoms with Gasteiger partial charge in [-0.2, -0.15) is 0 Å². The van der Waals surface area contributed by atoms with E-state index in [0.29, 0.717) is 17.3 Å². The Bertz CT molecular complexity index is 406. The van der Waals surface area contributed by atoms with Crippen molar-refractivity contribution >= 4 is 6.29 Å². The van der Waals surface area contributed by atoms with Gasteiger partial charge in [-0.15, -0.1) is 4.73 Å². The van der Waals surface area contributed by atoms with Crippen LogP contribution in [0.5, 0.6) is 0 Å². The Labute approximate surface area is 110 Å². The van der Waals surface area contributed by atoms with Crippen molar-refractivity contribution in [2.24, 2.45) is 5.41 Å². The molecule has 0 atom stereocenters. The number of rotatable bonds is 0. The third-order valence-electron chi connectivity index (χ3n) is 2.24. The number of oxazole rings is 1. The Morgan fingerprint density at radius 2 is 1.50 bits per heavy atom. The third kappa shape index (κ3) is 4.90. The van der Waals surface area contributed by atoms with Crippen LogP contribution in [0.15, 0.2) is 4.42 Å². The molecule has 18 heavy (non-hydrogen) atoms. The lowest BCUT2D eigenvalue weighted by Crippen LogP contribution is -2.37. The summed E-state index contributed by atoms with van der Waals surface area (Å²) >= 11 is 0. The lowest BCUT2D eigenvalue weighted by Gasteiger charge is -2.10. The van der Waals surface area contributed by atoms with Crippen LogP contribution < -0.4 is 4.73 Å². The zero-order valence-electron chi connectivity index (χ0n) is 12.7. The van der Waals surface area contributed by atoms with E-state index in [2.05, 4.69) is 0 Å². The van der Waals surface area contributed by atoms with E-state index in [9.17, 15) is 10.0 Å². The summed E-state index contributed by atoms with van der Waals surface area (Å²) in [5.41, 5.74) is 0.292. The van der Waals surface area contributed by atoms with Crippen molar-refractivity contribution in [1.82, 2.24) is 0 Å². The summed E-state index contributed by atoms with van der Waals surface area (Å²) in [5.74, 6) is 1.19. The van der Waals surface area contributed by atoms with E-state index in [4.69, 9.17) is 4.42 Å². The molecule has 0 aliphatic heterocycles. The normalized spacial score (nSPS) is 11.8. The lowest BCUT2D eigenvalue weighted by molar-refractivity contribution is -0.628. The van der Waals surface area contributed by atoms with Crippen molar-refractivity contribution in [2.75, 3.05) is 0 Å². The Morgan fingerprint density at radius 1 is 1.11 bits per heavy atom. The van der Waals surface area contributed by atoms with Crippen LogP contribution in [0.25, 0.3) is 0 Å². The summed E-state index contributed by atoms with van der Waals surface area (Å²) in [6, 6.07) is 0. The number of aldehydes is 1. The molecule has 0 unspecified atom stereocenters. The van der Waals surface area contributed by atoms with Gasteiger partial charge in [0.05, 0.1) is 5.41 Å². The number of carbonyl (C=O) groups is 1. The van der Waals surface area contributed by atoms with E-state index in [1.165, 1.54) is 0 Å². The maximum atomic E-state index is 11.5. The summed E-state index contributed by atoms with van der Waals surface area (Å²) in [6.45, 7) is 15.1. The standard InChI is InChI=1S/C9H15NO2.C5H10O/c1-6-7(2)12-8(10(6)11)9(3,4)5;1-5(2,3)4-6/h1-5H3;4H,1-3H3. The van der Waals surface area contributed by atoms with Gasteiger partial charge in [-0.05, 0) is 20.8 Å². The molecule has 0 saturated carbocycles. The van der Waals surface area contributed by atoms with Crippen LogP contribution in [-0.4, -0.2) is 6.29 Å². The SMILES string of the molecule is CC(C)(C)C=O.Cc1oc(C(C)(C)C)[n+]([O-])c1C. The maximum Gasteiger partial charge on any atom is 0.364 e. The van der Waals surface area contributed by atoms with Crippen molar-refractivity contribution in [3.63, 3.8) is 0 Å². The fraction of sp³-hybridized carbons (Fsp3) is 0.714. The van der Waals surface area contributed by atoms with Gasteiger partial charge < -0.3 is 14.4 Å². The number of nitrogens with zero attached hydrogens (tertiary/aromatic N) is 1. The zero-order chi connectivity index (χ0) is 14.7. The summed E-state index contributed by atoms with van der Waals surface area (Å²) < 4.78 is 6.23. The van der Waals surface area contributed by atoms with E-state index in [1.807, 2.05) is 41.5 Å². The quantitative estimate of drug-likeness (QED) is 0.406. The maximum absolute atomic E-state index is 11.5. The first kappa shape index (κ1) is 16.7. The first-order valence-corrected chi connectivity index (χ1v) is 6.06. The number of hydrogen-bond donors (Lipinski definition) is 0. The summed E-state index contributed by atoms with van der Waals surface area (Å²) in [4.78, 5) is 9.83. The van der Waals surface area contributed by atoms with Crippen LogP contribution in [0.2, 0.25) is 0 Å². The van der Waals surface area contributed by atoms with Crippen LogP contribution in [-0.2, 0) is 10.2 Å². The number of hydrogen-bond acceptors (Lipinski definition) is 3. The van der Waals surface area contributed by atoms with Gasteiger partial charge in [-0.3, -0.25) is 0 Å². The van der Waals surface area contributed by atoms with E-state index in [0.717, 1.165) is 11.0 Å². The summed E-state index contributed by atoms with van der Waals surface area (Å²) in [5, 5.41) is 11.5. The average molecular weight is 255 g/mol. The number of carbonyl (C=O) groups excluding carboxylic acids is 1. The Balaban J connectivity index is 0.000000411. The zero-order valence-corrected chi connectivity index (χ0v) is 12.7. The topological polar surface area (TPSA) is 57.2 Å². The molecular weight excluding hydrogens is 230 g/mol. The number of aryl methyl sites for hydroxylation is 1. The first-order valence-electron chi connectivity index (χ1n) is 6.06. The van der Waals surface area contributed by atoms with Gasteiger partial charge in [0.2, 0.25) is 5.69 Å². The highest BCUT2D eigenvalue weighted by Gasteiger charge is 2.30. The molecule has 1 rings (SSSR count). The smallest absolute Gasteiger partial charge is 0.364 e. The molecule has 1 aromatic rings.